The highest BCUT2D eigenvalue weighted by molar-refractivity contribution is 7.89. The van der Waals surface area contributed by atoms with Gasteiger partial charge >= 0.3 is 5.97 Å². The first-order valence-corrected chi connectivity index (χ1v) is 7.21. The fourth-order valence-corrected chi connectivity index (χ4v) is 3.13. The van der Waals surface area contributed by atoms with E-state index in [0.717, 1.165) is 16.4 Å². The maximum atomic E-state index is 13.1. The van der Waals surface area contributed by atoms with Crippen LogP contribution in [0.2, 0.25) is 0 Å². The Hall–Kier alpha value is -1.47. The van der Waals surface area contributed by atoms with Gasteiger partial charge in [0.15, 0.2) is 0 Å². The van der Waals surface area contributed by atoms with Gasteiger partial charge in [-0.2, -0.15) is 4.31 Å². The summed E-state index contributed by atoms with van der Waals surface area (Å²) < 4.78 is 38.6. The molecule has 1 N–H and O–H groups in total. The van der Waals surface area contributed by atoms with Crippen molar-refractivity contribution in [1.82, 2.24) is 4.31 Å². The van der Waals surface area contributed by atoms with Gasteiger partial charge in [0.05, 0.1) is 10.8 Å². The normalized spacial score (nSPS) is 13.5. The minimum Gasteiger partial charge on any atom is -0.481 e. The molecule has 1 atom stereocenters. The third-order valence-electron chi connectivity index (χ3n) is 2.69. The number of carboxylic acids is 1. The van der Waals surface area contributed by atoms with Gasteiger partial charge in [0.25, 0.3) is 0 Å². The first-order chi connectivity index (χ1) is 8.78. The fraction of sp³-hybridized carbons (Fsp3) is 0.417. The topological polar surface area (TPSA) is 74.7 Å². The van der Waals surface area contributed by atoms with Crippen LogP contribution in [-0.4, -0.2) is 36.9 Å². The Bertz CT molecular complexity index is 559. The Labute approximate surface area is 111 Å². The SMILES string of the molecule is CCN(CC(C)C(=O)O)S(=O)(=O)c1cccc(F)c1. The lowest BCUT2D eigenvalue weighted by atomic mass is 10.2. The van der Waals surface area contributed by atoms with E-state index in [-0.39, 0.29) is 18.0 Å². The van der Waals surface area contributed by atoms with Crippen molar-refractivity contribution in [3.05, 3.63) is 30.1 Å². The van der Waals surface area contributed by atoms with Gasteiger partial charge in [0.2, 0.25) is 10.0 Å². The largest absolute Gasteiger partial charge is 0.481 e. The van der Waals surface area contributed by atoms with Crippen molar-refractivity contribution in [1.29, 1.82) is 0 Å². The van der Waals surface area contributed by atoms with Crippen LogP contribution in [0.1, 0.15) is 13.8 Å². The average molecular weight is 289 g/mol. The van der Waals surface area contributed by atoms with Gasteiger partial charge in [-0.3, -0.25) is 4.79 Å². The Morgan fingerprint density at radius 3 is 2.58 bits per heavy atom. The molecule has 1 aromatic rings. The third kappa shape index (κ3) is 3.74. The molecule has 0 saturated carbocycles. The summed E-state index contributed by atoms with van der Waals surface area (Å²) >= 11 is 0. The lowest BCUT2D eigenvalue weighted by Crippen LogP contribution is -2.36. The second-order valence-corrected chi connectivity index (χ2v) is 6.09. The number of benzene rings is 1. The molecule has 0 saturated heterocycles. The second-order valence-electron chi connectivity index (χ2n) is 4.15. The summed E-state index contributed by atoms with van der Waals surface area (Å²) in [5.74, 6) is -2.56. The number of hydrogen-bond donors (Lipinski definition) is 1. The molecule has 0 radical (unpaired) electrons. The third-order valence-corrected chi connectivity index (χ3v) is 4.62. The molecule has 19 heavy (non-hydrogen) atoms. The van der Waals surface area contributed by atoms with Crippen LogP contribution in [0, 0.1) is 11.7 Å². The van der Waals surface area contributed by atoms with E-state index in [9.17, 15) is 17.6 Å². The average Bonchev–Trinajstić information content (AvgIpc) is 2.35. The fourth-order valence-electron chi connectivity index (χ4n) is 1.56. The first kappa shape index (κ1) is 15.6. The maximum absolute atomic E-state index is 13.1. The summed E-state index contributed by atoms with van der Waals surface area (Å²) in [7, 11) is -3.87. The highest BCUT2D eigenvalue weighted by atomic mass is 32.2. The summed E-state index contributed by atoms with van der Waals surface area (Å²) in [4.78, 5) is 10.6. The zero-order valence-corrected chi connectivity index (χ0v) is 11.5. The van der Waals surface area contributed by atoms with Crippen molar-refractivity contribution < 1.29 is 22.7 Å². The van der Waals surface area contributed by atoms with Crippen molar-refractivity contribution in [2.24, 2.45) is 5.92 Å². The number of aliphatic carboxylic acids is 1. The molecule has 0 aliphatic rings. The Morgan fingerprint density at radius 1 is 1.47 bits per heavy atom. The monoisotopic (exact) mass is 289 g/mol. The maximum Gasteiger partial charge on any atom is 0.307 e. The number of carboxylic acid groups (broad SMARTS) is 1. The molecule has 0 aromatic heterocycles. The number of halogens is 1. The van der Waals surface area contributed by atoms with E-state index in [1.165, 1.54) is 19.1 Å². The smallest absolute Gasteiger partial charge is 0.307 e. The van der Waals surface area contributed by atoms with Crippen LogP contribution in [0.3, 0.4) is 0 Å². The minimum atomic E-state index is -3.87. The molecule has 0 spiro atoms. The highest BCUT2D eigenvalue weighted by Gasteiger charge is 2.26. The van der Waals surface area contributed by atoms with Gasteiger partial charge in [0, 0.05) is 13.1 Å². The van der Waals surface area contributed by atoms with E-state index in [1.54, 1.807) is 6.92 Å². The van der Waals surface area contributed by atoms with Crippen LogP contribution in [0.25, 0.3) is 0 Å². The summed E-state index contributed by atoms with van der Waals surface area (Å²) in [5, 5.41) is 8.83. The van der Waals surface area contributed by atoms with Gasteiger partial charge in [-0.25, -0.2) is 12.8 Å². The molecule has 7 heteroatoms. The van der Waals surface area contributed by atoms with Crippen molar-refractivity contribution in [2.75, 3.05) is 13.1 Å². The highest BCUT2D eigenvalue weighted by Crippen LogP contribution is 2.17. The molecule has 0 aliphatic carbocycles. The number of carbonyl (C=O) groups is 1. The standard InChI is InChI=1S/C12H16FNO4S/c1-3-14(8-9(2)12(15)16)19(17,18)11-6-4-5-10(13)7-11/h4-7,9H,3,8H2,1-2H3,(H,15,16). The van der Waals surface area contributed by atoms with Gasteiger partial charge < -0.3 is 5.11 Å². The van der Waals surface area contributed by atoms with Crippen molar-refractivity contribution in [2.45, 2.75) is 18.7 Å². The molecular formula is C12H16FNO4S. The van der Waals surface area contributed by atoms with Crippen LogP contribution in [0.4, 0.5) is 4.39 Å². The lowest BCUT2D eigenvalue weighted by Gasteiger charge is -2.22. The molecule has 1 unspecified atom stereocenters. The molecule has 1 rings (SSSR count). The van der Waals surface area contributed by atoms with Crippen LogP contribution >= 0.6 is 0 Å². The number of nitrogens with zero attached hydrogens (tertiary/aromatic N) is 1. The van der Waals surface area contributed by atoms with Crippen LogP contribution in [0.5, 0.6) is 0 Å². The van der Waals surface area contributed by atoms with E-state index < -0.39 is 27.7 Å². The summed E-state index contributed by atoms with van der Waals surface area (Å²) in [5.41, 5.74) is 0. The quantitative estimate of drug-likeness (QED) is 0.862. The number of rotatable bonds is 6. The Morgan fingerprint density at radius 2 is 2.11 bits per heavy atom. The van der Waals surface area contributed by atoms with E-state index in [0.29, 0.717) is 0 Å². The zero-order chi connectivity index (χ0) is 14.6. The number of sulfonamides is 1. The van der Waals surface area contributed by atoms with E-state index in [2.05, 4.69) is 0 Å². The zero-order valence-electron chi connectivity index (χ0n) is 10.7. The molecule has 1 aromatic carbocycles. The Balaban J connectivity index is 3.06. The molecule has 0 fully saturated rings. The van der Waals surface area contributed by atoms with Gasteiger partial charge in [-0.15, -0.1) is 0 Å². The predicted molar refractivity (Wildman–Crippen MR) is 67.6 cm³/mol. The summed E-state index contributed by atoms with van der Waals surface area (Å²) in [6.07, 6.45) is 0. The molecule has 0 aliphatic heterocycles. The van der Waals surface area contributed by atoms with Crippen LogP contribution < -0.4 is 0 Å². The van der Waals surface area contributed by atoms with Crippen molar-refractivity contribution in [3.8, 4) is 0 Å². The van der Waals surface area contributed by atoms with Gasteiger partial charge in [-0.05, 0) is 18.2 Å². The predicted octanol–water partition coefficient (Wildman–Crippen LogP) is 1.56. The molecule has 0 heterocycles. The Kier molecular flexibility index (Phi) is 5.02. The summed E-state index contributed by atoms with van der Waals surface area (Å²) in [6.45, 7) is 3.00. The van der Waals surface area contributed by atoms with Gasteiger partial charge in [0.1, 0.15) is 5.82 Å². The summed E-state index contributed by atoms with van der Waals surface area (Å²) in [6, 6.07) is 4.65. The van der Waals surface area contributed by atoms with Crippen molar-refractivity contribution in [3.63, 3.8) is 0 Å². The van der Waals surface area contributed by atoms with E-state index in [1.807, 2.05) is 0 Å². The molecule has 0 bridgehead atoms. The van der Waals surface area contributed by atoms with E-state index >= 15 is 0 Å². The van der Waals surface area contributed by atoms with Crippen LogP contribution in [-0.2, 0) is 14.8 Å². The minimum absolute atomic E-state index is 0.121. The van der Waals surface area contributed by atoms with E-state index in [4.69, 9.17) is 5.11 Å². The number of hydrogen-bond acceptors (Lipinski definition) is 3. The van der Waals surface area contributed by atoms with Crippen LogP contribution in [0.15, 0.2) is 29.2 Å². The first-order valence-electron chi connectivity index (χ1n) is 5.77. The molecule has 106 valence electrons. The lowest BCUT2D eigenvalue weighted by molar-refractivity contribution is -0.141. The molecule has 0 amide bonds. The van der Waals surface area contributed by atoms with Gasteiger partial charge in [-0.1, -0.05) is 19.9 Å². The molecule has 5 nitrogen and oxygen atoms in total. The second kappa shape index (κ2) is 6.12. The van der Waals surface area contributed by atoms with Crippen molar-refractivity contribution >= 4 is 16.0 Å². The molecular weight excluding hydrogens is 273 g/mol.